The molecule has 2 heterocycles. The summed E-state index contributed by atoms with van der Waals surface area (Å²) in [5.74, 6) is -2.27. The summed E-state index contributed by atoms with van der Waals surface area (Å²) in [4.78, 5) is 22.7. The van der Waals surface area contributed by atoms with E-state index in [1.165, 1.54) is 0 Å². The average Bonchev–Trinajstić information content (AvgIpc) is 2.60. The number of aliphatic carboxylic acids is 1. The van der Waals surface area contributed by atoms with E-state index in [0.717, 1.165) is 6.92 Å². The first kappa shape index (κ1) is 21.9. The third-order valence-electron chi connectivity index (χ3n) is 4.35. The summed E-state index contributed by atoms with van der Waals surface area (Å²) < 4.78 is 15.3. The van der Waals surface area contributed by atoms with Gasteiger partial charge in [0, 0.05) is 6.92 Å². The molecule has 0 bridgehead atoms. The third-order valence-corrected chi connectivity index (χ3v) is 4.35. The highest BCUT2D eigenvalue weighted by Crippen LogP contribution is 2.28. The van der Waals surface area contributed by atoms with E-state index in [4.69, 9.17) is 14.2 Å². The Morgan fingerprint density at radius 1 is 1.00 bits per heavy atom. The lowest BCUT2D eigenvalue weighted by molar-refractivity contribution is -0.335. The van der Waals surface area contributed by atoms with Crippen LogP contribution in [-0.2, 0) is 23.8 Å². The second-order valence-corrected chi connectivity index (χ2v) is 6.30. The van der Waals surface area contributed by atoms with E-state index in [0.29, 0.717) is 0 Å². The second kappa shape index (κ2) is 8.72. The third kappa shape index (κ3) is 4.53. The van der Waals surface area contributed by atoms with E-state index in [1.54, 1.807) is 0 Å². The van der Waals surface area contributed by atoms with Crippen molar-refractivity contribution in [1.82, 2.24) is 5.32 Å². The molecule has 1 unspecified atom stereocenters. The van der Waals surface area contributed by atoms with Gasteiger partial charge in [-0.2, -0.15) is 0 Å². The van der Waals surface area contributed by atoms with E-state index in [1.807, 2.05) is 0 Å². The van der Waals surface area contributed by atoms with Crippen molar-refractivity contribution in [2.75, 3.05) is 6.61 Å². The molecule has 13 heteroatoms. The molecule has 0 spiro atoms. The van der Waals surface area contributed by atoms with Gasteiger partial charge in [-0.05, 0) is 0 Å². The molecule has 8 N–H and O–H groups in total. The van der Waals surface area contributed by atoms with Gasteiger partial charge in [0.2, 0.25) is 5.91 Å². The molecule has 13 nitrogen and oxygen atoms in total. The minimum Gasteiger partial charge on any atom is -0.479 e. The van der Waals surface area contributed by atoms with Gasteiger partial charge < -0.3 is 55.3 Å². The minimum absolute atomic E-state index is 0.642. The number of carbonyl (C=O) groups excluding carboxylic acids is 1. The number of hydrogen-bond donors (Lipinski definition) is 8. The molecule has 156 valence electrons. The summed E-state index contributed by atoms with van der Waals surface area (Å²) in [5.41, 5.74) is 0. The highest BCUT2D eigenvalue weighted by atomic mass is 16.7. The molecule has 27 heavy (non-hydrogen) atoms. The summed E-state index contributed by atoms with van der Waals surface area (Å²) in [6.07, 6.45) is -15.7. The Hall–Kier alpha value is -1.42. The van der Waals surface area contributed by atoms with Crippen LogP contribution in [0.3, 0.4) is 0 Å². The Morgan fingerprint density at radius 2 is 1.63 bits per heavy atom. The van der Waals surface area contributed by atoms with Crippen molar-refractivity contribution in [3.63, 3.8) is 0 Å². The maximum atomic E-state index is 11.4. The fourth-order valence-corrected chi connectivity index (χ4v) is 2.94. The molecule has 0 aromatic heterocycles. The molecule has 2 aliphatic rings. The van der Waals surface area contributed by atoms with Crippen molar-refractivity contribution in [2.24, 2.45) is 0 Å². The number of amides is 1. The molecule has 0 saturated carbocycles. The lowest BCUT2D eigenvalue weighted by Crippen LogP contribution is -2.67. The molecule has 0 radical (unpaired) electrons. The van der Waals surface area contributed by atoms with Crippen LogP contribution in [0.1, 0.15) is 6.92 Å². The van der Waals surface area contributed by atoms with E-state index in [2.05, 4.69) is 5.32 Å². The van der Waals surface area contributed by atoms with Gasteiger partial charge in [0.15, 0.2) is 18.7 Å². The Morgan fingerprint density at radius 3 is 2.15 bits per heavy atom. The molecule has 0 aliphatic carbocycles. The quantitative estimate of drug-likeness (QED) is 0.218. The number of ether oxygens (including phenoxy) is 3. The lowest BCUT2D eigenvalue weighted by Gasteiger charge is -2.46. The zero-order valence-electron chi connectivity index (χ0n) is 14.2. The highest BCUT2D eigenvalue weighted by molar-refractivity contribution is 5.74. The van der Waals surface area contributed by atoms with Crippen molar-refractivity contribution in [3.05, 3.63) is 0 Å². The van der Waals surface area contributed by atoms with E-state index in [-0.39, 0.29) is 0 Å². The molecular weight excluding hydrogens is 374 g/mol. The number of hydrogen-bond acceptors (Lipinski definition) is 11. The van der Waals surface area contributed by atoms with Gasteiger partial charge in [-0.1, -0.05) is 0 Å². The molecule has 2 rings (SSSR count). The van der Waals surface area contributed by atoms with Gasteiger partial charge >= 0.3 is 5.97 Å². The van der Waals surface area contributed by atoms with Crippen LogP contribution in [0.4, 0.5) is 0 Å². The molecule has 1 amide bonds. The predicted molar refractivity (Wildman–Crippen MR) is 80.8 cm³/mol. The second-order valence-electron chi connectivity index (χ2n) is 6.30. The minimum atomic E-state index is -1.99. The SMILES string of the molecule is CC(=O)N[C@H]1[C@@H](O[C@H]2[C@H](O)[C@@H](O)C(O)O[C@@H]2C(=O)O)O[C@H](CO)[C@@H](O)[C@@H]1O. The van der Waals surface area contributed by atoms with Crippen LogP contribution in [0.2, 0.25) is 0 Å². The number of nitrogens with one attached hydrogen (secondary N) is 1. The normalized spacial score (nSPS) is 45.3. The number of aliphatic hydroxyl groups is 6. The van der Waals surface area contributed by atoms with Crippen LogP contribution in [-0.4, -0.2) is 116 Å². The van der Waals surface area contributed by atoms with Crippen LogP contribution in [0.5, 0.6) is 0 Å². The number of carboxylic acid groups (broad SMARTS) is 1. The number of aliphatic hydroxyl groups excluding tert-OH is 6. The standard InChI is InChI=1S/C14H23NO12/c1-3(17)15-5-7(19)6(18)4(2-16)25-14(5)27-10-8(20)9(21)13(24)26-11(10)12(22)23/h4-11,13-14,16,18-21,24H,2H2,1H3,(H,15,17)(H,22,23)/t4-,5-,6-,7-,8-,9-,10+,11+,13?,14-/m1/s1. The topological polar surface area (TPSA) is 215 Å². The fourth-order valence-electron chi connectivity index (χ4n) is 2.94. The smallest absolute Gasteiger partial charge is 0.335 e. The Bertz CT molecular complexity index is 546. The highest BCUT2D eigenvalue weighted by Gasteiger charge is 2.52. The number of rotatable bonds is 5. The molecule has 10 atom stereocenters. The summed E-state index contributed by atoms with van der Waals surface area (Å²) >= 11 is 0. The summed E-state index contributed by atoms with van der Waals surface area (Å²) in [6, 6.07) is -1.40. The van der Waals surface area contributed by atoms with Crippen LogP contribution in [0, 0.1) is 0 Å². The fraction of sp³-hybridized carbons (Fsp3) is 0.857. The van der Waals surface area contributed by atoms with Crippen molar-refractivity contribution < 1.29 is 59.5 Å². The monoisotopic (exact) mass is 397 g/mol. The van der Waals surface area contributed by atoms with Crippen molar-refractivity contribution in [3.8, 4) is 0 Å². The first-order valence-corrected chi connectivity index (χ1v) is 8.06. The van der Waals surface area contributed by atoms with Gasteiger partial charge in [-0.3, -0.25) is 4.79 Å². The van der Waals surface area contributed by atoms with E-state index < -0.39 is 79.8 Å². The first-order valence-electron chi connectivity index (χ1n) is 8.06. The Balaban J connectivity index is 2.28. The maximum absolute atomic E-state index is 11.4. The van der Waals surface area contributed by atoms with Gasteiger partial charge in [0.25, 0.3) is 0 Å². The Kier molecular flexibility index (Phi) is 7.07. The molecule has 0 aromatic carbocycles. The molecule has 0 aromatic rings. The predicted octanol–water partition coefficient (Wildman–Crippen LogP) is -5.16. The van der Waals surface area contributed by atoms with Crippen molar-refractivity contribution >= 4 is 11.9 Å². The number of carboxylic acids is 1. The lowest BCUT2D eigenvalue weighted by atomic mass is 9.95. The Labute approximate surface area is 152 Å². The zero-order chi connectivity index (χ0) is 20.5. The van der Waals surface area contributed by atoms with Gasteiger partial charge in [0.05, 0.1) is 6.61 Å². The van der Waals surface area contributed by atoms with Crippen LogP contribution >= 0.6 is 0 Å². The van der Waals surface area contributed by atoms with Gasteiger partial charge in [0.1, 0.15) is 42.7 Å². The van der Waals surface area contributed by atoms with Gasteiger partial charge in [-0.15, -0.1) is 0 Å². The molecule has 2 aliphatic heterocycles. The van der Waals surface area contributed by atoms with Crippen LogP contribution in [0.15, 0.2) is 0 Å². The summed E-state index contributed by atoms with van der Waals surface area (Å²) in [7, 11) is 0. The van der Waals surface area contributed by atoms with E-state index in [9.17, 15) is 45.3 Å². The summed E-state index contributed by atoms with van der Waals surface area (Å²) in [6.45, 7) is 0.366. The maximum Gasteiger partial charge on any atom is 0.335 e. The zero-order valence-corrected chi connectivity index (χ0v) is 14.2. The van der Waals surface area contributed by atoms with Crippen LogP contribution in [0.25, 0.3) is 0 Å². The molecular formula is C14H23NO12. The summed E-state index contributed by atoms with van der Waals surface area (Å²) in [5, 5.41) is 70.1. The van der Waals surface area contributed by atoms with Gasteiger partial charge in [-0.25, -0.2) is 4.79 Å². The first-order chi connectivity index (χ1) is 12.6. The molecule has 2 saturated heterocycles. The van der Waals surface area contributed by atoms with Crippen molar-refractivity contribution in [2.45, 2.75) is 68.3 Å². The van der Waals surface area contributed by atoms with Crippen LogP contribution < -0.4 is 5.32 Å². The van der Waals surface area contributed by atoms with Crippen molar-refractivity contribution in [1.29, 1.82) is 0 Å². The number of carbonyl (C=O) groups is 2. The molecule has 2 fully saturated rings. The largest absolute Gasteiger partial charge is 0.479 e. The average molecular weight is 397 g/mol. The van der Waals surface area contributed by atoms with E-state index >= 15 is 0 Å².